The summed E-state index contributed by atoms with van der Waals surface area (Å²) >= 11 is 0. The van der Waals surface area contributed by atoms with Crippen molar-refractivity contribution in [3.63, 3.8) is 0 Å². The lowest BCUT2D eigenvalue weighted by molar-refractivity contribution is 0.0958. The lowest BCUT2D eigenvalue weighted by atomic mass is 10.3. The standard InChI is InChI=1S/C10H15N3O2/c1-11-9(14)8-5-13(2)12-10(8)15-6-7-3-4-7/h5,7H,3-4,6H2,1-2H3,(H,11,14). The number of nitrogens with one attached hydrogen (secondary N) is 1. The molecular formula is C10H15N3O2. The number of nitrogens with zero attached hydrogens (tertiary/aromatic N) is 2. The Morgan fingerprint density at radius 1 is 1.73 bits per heavy atom. The first kappa shape index (κ1) is 10.0. The van der Waals surface area contributed by atoms with Crippen molar-refractivity contribution in [2.24, 2.45) is 13.0 Å². The van der Waals surface area contributed by atoms with Crippen molar-refractivity contribution in [1.82, 2.24) is 15.1 Å². The minimum absolute atomic E-state index is 0.158. The highest BCUT2D eigenvalue weighted by Crippen LogP contribution is 2.29. The zero-order valence-corrected chi connectivity index (χ0v) is 8.99. The van der Waals surface area contributed by atoms with Crippen LogP contribution < -0.4 is 10.1 Å². The summed E-state index contributed by atoms with van der Waals surface area (Å²) in [6.07, 6.45) is 4.12. The van der Waals surface area contributed by atoms with Crippen LogP contribution in [0.15, 0.2) is 6.20 Å². The van der Waals surface area contributed by atoms with Crippen molar-refractivity contribution >= 4 is 5.91 Å². The van der Waals surface area contributed by atoms with Gasteiger partial charge in [-0.15, -0.1) is 5.10 Å². The maximum Gasteiger partial charge on any atom is 0.258 e. The minimum atomic E-state index is -0.158. The summed E-state index contributed by atoms with van der Waals surface area (Å²) in [4.78, 5) is 11.5. The Kier molecular flexibility index (Phi) is 2.62. The van der Waals surface area contributed by atoms with Gasteiger partial charge in [0.05, 0.1) is 6.61 Å². The first-order valence-corrected chi connectivity index (χ1v) is 5.09. The predicted octanol–water partition coefficient (Wildman–Crippen LogP) is 0.568. The smallest absolute Gasteiger partial charge is 0.258 e. The molecule has 0 aliphatic heterocycles. The molecule has 1 amide bonds. The molecule has 1 fully saturated rings. The average molecular weight is 209 g/mol. The summed E-state index contributed by atoms with van der Waals surface area (Å²) in [7, 11) is 3.37. The molecule has 0 bridgehead atoms. The summed E-state index contributed by atoms with van der Waals surface area (Å²) in [6.45, 7) is 0.668. The number of rotatable bonds is 4. The van der Waals surface area contributed by atoms with E-state index in [0.717, 1.165) is 0 Å². The van der Waals surface area contributed by atoms with E-state index >= 15 is 0 Å². The largest absolute Gasteiger partial charge is 0.476 e. The fourth-order valence-corrected chi connectivity index (χ4v) is 1.35. The number of amides is 1. The molecule has 5 heteroatoms. The maximum absolute atomic E-state index is 11.5. The molecule has 2 rings (SSSR count). The van der Waals surface area contributed by atoms with Crippen molar-refractivity contribution < 1.29 is 9.53 Å². The zero-order valence-electron chi connectivity index (χ0n) is 8.99. The highest BCUT2D eigenvalue weighted by atomic mass is 16.5. The summed E-state index contributed by atoms with van der Waals surface area (Å²) in [6, 6.07) is 0. The van der Waals surface area contributed by atoms with E-state index in [4.69, 9.17) is 4.74 Å². The lowest BCUT2D eigenvalue weighted by Gasteiger charge is -2.03. The Morgan fingerprint density at radius 2 is 2.47 bits per heavy atom. The van der Waals surface area contributed by atoms with Crippen molar-refractivity contribution in [1.29, 1.82) is 0 Å². The zero-order chi connectivity index (χ0) is 10.8. The quantitative estimate of drug-likeness (QED) is 0.788. The molecule has 1 aliphatic rings. The van der Waals surface area contributed by atoms with Gasteiger partial charge in [-0.05, 0) is 18.8 Å². The van der Waals surface area contributed by atoms with Gasteiger partial charge in [0.25, 0.3) is 5.91 Å². The molecule has 15 heavy (non-hydrogen) atoms. The number of ether oxygens (including phenoxy) is 1. The topological polar surface area (TPSA) is 56.2 Å². The molecule has 0 saturated heterocycles. The van der Waals surface area contributed by atoms with E-state index in [-0.39, 0.29) is 5.91 Å². The van der Waals surface area contributed by atoms with Crippen LogP contribution in [0.4, 0.5) is 0 Å². The molecule has 82 valence electrons. The van der Waals surface area contributed by atoms with Gasteiger partial charge in [-0.1, -0.05) is 0 Å². The molecule has 1 aromatic heterocycles. The van der Waals surface area contributed by atoms with Crippen LogP contribution in [-0.2, 0) is 7.05 Å². The molecular weight excluding hydrogens is 194 g/mol. The molecule has 0 radical (unpaired) electrons. The van der Waals surface area contributed by atoms with Crippen molar-refractivity contribution in [3.05, 3.63) is 11.8 Å². The normalized spacial score (nSPS) is 15.1. The average Bonchev–Trinajstić information content (AvgIpc) is 2.98. The van der Waals surface area contributed by atoms with Gasteiger partial charge in [0.15, 0.2) is 0 Å². The third kappa shape index (κ3) is 2.29. The molecule has 0 aromatic carbocycles. The van der Waals surface area contributed by atoms with Crippen LogP contribution in [0.25, 0.3) is 0 Å². The van der Waals surface area contributed by atoms with Gasteiger partial charge in [0.1, 0.15) is 5.56 Å². The van der Waals surface area contributed by atoms with E-state index in [1.54, 1.807) is 25.0 Å². The van der Waals surface area contributed by atoms with Gasteiger partial charge < -0.3 is 10.1 Å². The van der Waals surface area contributed by atoms with E-state index in [2.05, 4.69) is 10.4 Å². The fourth-order valence-electron chi connectivity index (χ4n) is 1.35. The summed E-state index contributed by atoms with van der Waals surface area (Å²) in [5, 5.41) is 6.68. The summed E-state index contributed by atoms with van der Waals surface area (Å²) in [5.74, 6) is 0.933. The molecule has 1 aromatic rings. The lowest BCUT2D eigenvalue weighted by Crippen LogP contribution is -2.18. The van der Waals surface area contributed by atoms with Crippen molar-refractivity contribution in [3.8, 4) is 5.88 Å². The van der Waals surface area contributed by atoms with E-state index in [0.29, 0.717) is 24.0 Å². The second-order valence-electron chi connectivity index (χ2n) is 3.86. The van der Waals surface area contributed by atoms with Crippen LogP contribution in [0, 0.1) is 5.92 Å². The Morgan fingerprint density at radius 3 is 3.07 bits per heavy atom. The van der Waals surface area contributed by atoms with Crippen LogP contribution in [0.1, 0.15) is 23.2 Å². The number of aromatic nitrogens is 2. The number of hydrogen-bond donors (Lipinski definition) is 1. The Bertz CT molecular complexity index is 369. The van der Waals surface area contributed by atoms with Gasteiger partial charge in [0, 0.05) is 20.3 Å². The van der Waals surface area contributed by atoms with E-state index in [1.807, 2.05) is 0 Å². The second kappa shape index (κ2) is 3.92. The highest BCUT2D eigenvalue weighted by Gasteiger charge is 2.24. The minimum Gasteiger partial charge on any atom is -0.476 e. The number of aryl methyl sites for hydroxylation is 1. The van der Waals surface area contributed by atoms with Gasteiger partial charge >= 0.3 is 0 Å². The van der Waals surface area contributed by atoms with Gasteiger partial charge in [-0.25, -0.2) is 0 Å². The van der Waals surface area contributed by atoms with Crippen molar-refractivity contribution in [2.75, 3.05) is 13.7 Å². The molecule has 0 spiro atoms. The molecule has 1 heterocycles. The van der Waals surface area contributed by atoms with E-state index in [9.17, 15) is 4.79 Å². The van der Waals surface area contributed by atoms with Gasteiger partial charge in [-0.2, -0.15) is 0 Å². The number of hydrogen-bond acceptors (Lipinski definition) is 3. The Balaban J connectivity index is 2.09. The molecule has 1 aliphatic carbocycles. The van der Waals surface area contributed by atoms with E-state index < -0.39 is 0 Å². The van der Waals surface area contributed by atoms with Crippen LogP contribution >= 0.6 is 0 Å². The van der Waals surface area contributed by atoms with Crippen LogP contribution in [0.2, 0.25) is 0 Å². The fraction of sp³-hybridized carbons (Fsp3) is 0.600. The van der Waals surface area contributed by atoms with Crippen LogP contribution in [0.5, 0.6) is 5.88 Å². The van der Waals surface area contributed by atoms with E-state index in [1.165, 1.54) is 12.8 Å². The third-order valence-corrected chi connectivity index (χ3v) is 2.42. The molecule has 5 nitrogen and oxygen atoms in total. The Labute approximate surface area is 88.4 Å². The SMILES string of the molecule is CNC(=O)c1cn(C)nc1OCC1CC1. The summed E-state index contributed by atoms with van der Waals surface area (Å²) in [5.41, 5.74) is 0.501. The van der Waals surface area contributed by atoms with Crippen LogP contribution in [-0.4, -0.2) is 29.3 Å². The first-order valence-electron chi connectivity index (χ1n) is 5.09. The third-order valence-electron chi connectivity index (χ3n) is 2.42. The number of carbonyl (C=O) groups is 1. The molecule has 1 N–H and O–H groups in total. The second-order valence-corrected chi connectivity index (χ2v) is 3.86. The maximum atomic E-state index is 11.5. The number of carbonyl (C=O) groups excluding carboxylic acids is 1. The van der Waals surface area contributed by atoms with Crippen molar-refractivity contribution in [2.45, 2.75) is 12.8 Å². The summed E-state index contributed by atoms with van der Waals surface area (Å²) < 4.78 is 7.10. The molecule has 0 unspecified atom stereocenters. The highest BCUT2D eigenvalue weighted by molar-refractivity contribution is 5.95. The van der Waals surface area contributed by atoms with Crippen LogP contribution in [0.3, 0.4) is 0 Å². The predicted molar refractivity (Wildman–Crippen MR) is 54.8 cm³/mol. The Hall–Kier alpha value is -1.52. The van der Waals surface area contributed by atoms with Gasteiger partial charge in [0.2, 0.25) is 5.88 Å². The molecule has 0 atom stereocenters. The monoisotopic (exact) mass is 209 g/mol. The molecule has 1 saturated carbocycles. The van der Waals surface area contributed by atoms with Gasteiger partial charge in [-0.3, -0.25) is 9.48 Å². The first-order chi connectivity index (χ1) is 7.20.